The number of hydrogen-bond donors (Lipinski definition) is 3. The molecule has 0 aliphatic carbocycles. The molecule has 0 unspecified atom stereocenters. The molecule has 0 saturated heterocycles. The van der Waals surface area contributed by atoms with Gasteiger partial charge in [-0.1, -0.05) is 13.8 Å². The summed E-state index contributed by atoms with van der Waals surface area (Å²) in [5, 5.41) is 15.8. The van der Waals surface area contributed by atoms with Gasteiger partial charge in [0.2, 0.25) is 11.9 Å². The van der Waals surface area contributed by atoms with Crippen molar-refractivity contribution in [2.45, 2.75) is 33.6 Å². The van der Waals surface area contributed by atoms with Crippen molar-refractivity contribution in [2.75, 3.05) is 37.4 Å². The van der Waals surface area contributed by atoms with E-state index in [1.54, 1.807) is 0 Å². The van der Waals surface area contributed by atoms with Crippen molar-refractivity contribution >= 4 is 11.9 Å². The van der Waals surface area contributed by atoms with E-state index >= 15 is 0 Å². The number of nitrogens with one attached hydrogen (secondary N) is 2. The van der Waals surface area contributed by atoms with Crippen molar-refractivity contribution in [1.82, 2.24) is 15.0 Å². The van der Waals surface area contributed by atoms with E-state index < -0.39 is 0 Å². The second kappa shape index (κ2) is 7.84. The SMILES string of the molecule is CCNc1nc(NCC(CC)(CC)CO)nc(OC)n1. The van der Waals surface area contributed by atoms with E-state index in [1.807, 2.05) is 6.92 Å². The van der Waals surface area contributed by atoms with Crippen LogP contribution in [0.3, 0.4) is 0 Å². The molecular weight excluding hydrogens is 258 g/mol. The second-order valence-corrected chi connectivity index (χ2v) is 4.72. The lowest BCUT2D eigenvalue weighted by atomic mass is 9.83. The predicted octanol–water partition coefficient (Wildman–Crippen LogP) is 1.52. The number of nitrogens with zero attached hydrogens (tertiary/aromatic N) is 3. The number of rotatable bonds is 9. The molecule has 7 nitrogen and oxygen atoms in total. The highest BCUT2D eigenvalue weighted by atomic mass is 16.5. The number of aromatic nitrogens is 3. The van der Waals surface area contributed by atoms with Crippen LogP contribution in [-0.4, -0.2) is 46.9 Å². The average Bonchev–Trinajstić information content (AvgIpc) is 2.49. The molecule has 20 heavy (non-hydrogen) atoms. The van der Waals surface area contributed by atoms with Crippen molar-refractivity contribution in [1.29, 1.82) is 0 Å². The molecule has 1 aromatic heterocycles. The molecule has 7 heteroatoms. The summed E-state index contributed by atoms with van der Waals surface area (Å²) in [5.74, 6) is 0.928. The van der Waals surface area contributed by atoms with E-state index in [1.165, 1.54) is 7.11 Å². The predicted molar refractivity (Wildman–Crippen MR) is 79.1 cm³/mol. The Kier molecular flexibility index (Phi) is 6.44. The molecule has 0 aliphatic rings. The minimum atomic E-state index is -0.155. The maximum absolute atomic E-state index is 9.56. The lowest BCUT2D eigenvalue weighted by molar-refractivity contribution is 0.127. The van der Waals surface area contributed by atoms with E-state index in [9.17, 15) is 5.11 Å². The monoisotopic (exact) mass is 283 g/mol. The van der Waals surface area contributed by atoms with Crippen LogP contribution in [-0.2, 0) is 0 Å². The Morgan fingerprint density at radius 3 is 2.10 bits per heavy atom. The molecule has 0 aliphatic heterocycles. The summed E-state index contributed by atoms with van der Waals surface area (Å²) >= 11 is 0. The number of hydrogen-bond acceptors (Lipinski definition) is 7. The van der Waals surface area contributed by atoms with Crippen LogP contribution in [0.1, 0.15) is 33.6 Å². The van der Waals surface area contributed by atoms with Gasteiger partial charge in [0.25, 0.3) is 0 Å². The maximum Gasteiger partial charge on any atom is 0.322 e. The first-order chi connectivity index (χ1) is 9.62. The van der Waals surface area contributed by atoms with Crippen LogP contribution in [0, 0.1) is 5.41 Å². The molecule has 0 atom stereocenters. The third-order valence-corrected chi connectivity index (χ3v) is 3.59. The number of aliphatic hydroxyl groups is 1. The number of aliphatic hydroxyl groups excluding tert-OH is 1. The lowest BCUT2D eigenvalue weighted by Crippen LogP contribution is -2.32. The van der Waals surface area contributed by atoms with Crippen molar-refractivity contribution in [3.05, 3.63) is 0 Å². The van der Waals surface area contributed by atoms with Crippen LogP contribution in [0.25, 0.3) is 0 Å². The van der Waals surface area contributed by atoms with Gasteiger partial charge in [0, 0.05) is 18.5 Å². The summed E-state index contributed by atoms with van der Waals surface area (Å²) in [6.45, 7) is 7.56. The highest BCUT2D eigenvalue weighted by Crippen LogP contribution is 2.25. The first-order valence-electron chi connectivity index (χ1n) is 7.01. The van der Waals surface area contributed by atoms with E-state index in [-0.39, 0.29) is 18.0 Å². The van der Waals surface area contributed by atoms with Gasteiger partial charge in [-0.15, -0.1) is 0 Å². The molecule has 0 radical (unpaired) electrons. The van der Waals surface area contributed by atoms with E-state index in [2.05, 4.69) is 39.4 Å². The van der Waals surface area contributed by atoms with Gasteiger partial charge in [0.05, 0.1) is 13.7 Å². The van der Waals surface area contributed by atoms with E-state index in [0.29, 0.717) is 18.4 Å². The molecule has 0 fully saturated rings. The van der Waals surface area contributed by atoms with Crippen LogP contribution in [0.4, 0.5) is 11.9 Å². The number of ether oxygens (including phenoxy) is 1. The van der Waals surface area contributed by atoms with Crippen LogP contribution in [0.2, 0.25) is 0 Å². The maximum atomic E-state index is 9.56. The largest absolute Gasteiger partial charge is 0.467 e. The minimum absolute atomic E-state index is 0.134. The summed E-state index contributed by atoms with van der Waals surface area (Å²) in [4.78, 5) is 12.5. The van der Waals surface area contributed by atoms with Gasteiger partial charge in [-0.2, -0.15) is 15.0 Å². The Morgan fingerprint density at radius 1 is 1.05 bits per heavy atom. The molecular formula is C13H25N5O2. The smallest absolute Gasteiger partial charge is 0.322 e. The fraction of sp³-hybridized carbons (Fsp3) is 0.769. The van der Waals surface area contributed by atoms with Crippen molar-refractivity contribution in [3.8, 4) is 6.01 Å². The summed E-state index contributed by atoms with van der Waals surface area (Å²) < 4.78 is 5.06. The Balaban J connectivity index is 2.83. The van der Waals surface area contributed by atoms with Crippen molar-refractivity contribution in [2.24, 2.45) is 5.41 Å². The van der Waals surface area contributed by atoms with Gasteiger partial charge in [-0.3, -0.25) is 0 Å². The Bertz CT molecular complexity index is 401. The molecule has 1 rings (SSSR count). The van der Waals surface area contributed by atoms with Gasteiger partial charge in [-0.25, -0.2) is 0 Å². The minimum Gasteiger partial charge on any atom is -0.467 e. The average molecular weight is 283 g/mol. The van der Waals surface area contributed by atoms with Gasteiger partial charge in [0.1, 0.15) is 0 Å². The first kappa shape index (κ1) is 16.4. The molecule has 114 valence electrons. The summed E-state index contributed by atoms with van der Waals surface area (Å²) in [5.41, 5.74) is -0.155. The molecule has 0 saturated carbocycles. The quantitative estimate of drug-likeness (QED) is 0.632. The van der Waals surface area contributed by atoms with E-state index in [0.717, 1.165) is 19.4 Å². The Labute approximate surface area is 120 Å². The highest BCUT2D eigenvalue weighted by molar-refractivity contribution is 5.35. The van der Waals surface area contributed by atoms with Crippen LogP contribution >= 0.6 is 0 Å². The Hall–Kier alpha value is -1.63. The fourth-order valence-corrected chi connectivity index (χ4v) is 1.81. The molecule has 0 spiro atoms. The zero-order valence-electron chi connectivity index (χ0n) is 12.7. The molecule has 0 amide bonds. The van der Waals surface area contributed by atoms with Gasteiger partial charge in [-0.05, 0) is 19.8 Å². The van der Waals surface area contributed by atoms with Crippen LogP contribution < -0.4 is 15.4 Å². The third kappa shape index (κ3) is 4.19. The van der Waals surface area contributed by atoms with Crippen molar-refractivity contribution in [3.63, 3.8) is 0 Å². The van der Waals surface area contributed by atoms with Crippen LogP contribution in [0.15, 0.2) is 0 Å². The normalized spacial score (nSPS) is 11.2. The molecule has 0 bridgehead atoms. The summed E-state index contributed by atoms with van der Waals surface area (Å²) in [6, 6.07) is 0.265. The standard InChI is InChI=1S/C13H25N5O2/c1-5-13(6-2,9-19)8-15-11-16-10(14-7-3)17-12(18-11)20-4/h19H,5-9H2,1-4H3,(H2,14,15,16,17,18). The van der Waals surface area contributed by atoms with Gasteiger partial charge < -0.3 is 20.5 Å². The van der Waals surface area contributed by atoms with Gasteiger partial charge in [0.15, 0.2) is 0 Å². The van der Waals surface area contributed by atoms with Crippen LogP contribution in [0.5, 0.6) is 6.01 Å². The second-order valence-electron chi connectivity index (χ2n) is 4.72. The summed E-state index contributed by atoms with van der Waals surface area (Å²) in [7, 11) is 1.52. The van der Waals surface area contributed by atoms with Gasteiger partial charge >= 0.3 is 6.01 Å². The number of methoxy groups -OCH3 is 1. The third-order valence-electron chi connectivity index (χ3n) is 3.59. The molecule has 0 aromatic carbocycles. The van der Waals surface area contributed by atoms with Crippen molar-refractivity contribution < 1.29 is 9.84 Å². The Morgan fingerprint density at radius 2 is 1.65 bits per heavy atom. The zero-order valence-corrected chi connectivity index (χ0v) is 12.7. The lowest BCUT2D eigenvalue weighted by Gasteiger charge is -2.29. The fourth-order valence-electron chi connectivity index (χ4n) is 1.81. The zero-order chi connectivity index (χ0) is 15.0. The topological polar surface area (TPSA) is 92.2 Å². The summed E-state index contributed by atoms with van der Waals surface area (Å²) in [6.07, 6.45) is 1.77. The molecule has 1 aromatic rings. The number of anilines is 2. The highest BCUT2D eigenvalue weighted by Gasteiger charge is 2.25. The molecule has 1 heterocycles. The molecule has 3 N–H and O–H groups in total. The first-order valence-corrected chi connectivity index (χ1v) is 7.01. The van der Waals surface area contributed by atoms with E-state index in [4.69, 9.17) is 4.74 Å².